The van der Waals surface area contributed by atoms with E-state index in [1.807, 2.05) is 49.4 Å². The molecule has 0 aliphatic rings. The summed E-state index contributed by atoms with van der Waals surface area (Å²) in [5.74, 6) is 1.30. The smallest absolute Gasteiger partial charge is 0.246 e. The highest BCUT2D eigenvalue weighted by molar-refractivity contribution is 9.10. The Labute approximate surface area is 119 Å². The van der Waals surface area contributed by atoms with Crippen molar-refractivity contribution >= 4 is 26.7 Å². The van der Waals surface area contributed by atoms with Crippen LogP contribution in [0.4, 0.5) is 0 Å². The van der Waals surface area contributed by atoms with E-state index in [1.165, 1.54) is 0 Å². The molecule has 0 radical (unpaired) electrons. The SMILES string of the molecule is Cc1ccc(Br)cc1Oc1nncc2ccccc12. The van der Waals surface area contributed by atoms with Crippen LogP contribution in [-0.4, -0.2) is 10.2 Å². The Balaban J connectivity index is 2.08. The molecular formula is C15H11BrN2O. The van der Waals surface area contributed by atoms with Crippen LogP contribution in [0.15, 0.2) is 53.1 Å². The van der Waals surface area contributed by atoms with E-state index in [0.717, 1.165) is 26.6 Å². The van der Waals surface area contributed by atoms with Gasteiger partial charge in [-0.05, 0) is 30.7 Å². The van der Waals surface area contributed by atoms with Crippen LogP contribution >= 0.6 is 15.9 Å². The van der Waals surface area contributed by atoms with E-state index in [-0.39, 0.29) is 0 Å². The normalized spacial score (nSPS) is 10.6. The molecule has 1 heterocycles. The van der Waals surface area contributed by atoms with E-state index in [4.69, 9.17) is 4.74 Å². The molecule has 2 aromatic carbocycles. The third kappa shape index (κ3) is 2.44. The summed E-state index contributed by atoms with van der Waals surface area (Å²) < 4.78 is 6.87. The van der Waals surface area contributed by atoms with Gasteiger partial charge in [-0.1, -0.05) is 40.2 Å². The van der Waals surface area contributed by atoms with E-state index in [9.17, 15) is 0 Å². The van der Waals surface area contributed by atoms with Gasteiger partial charge in [-0.3, -0.25) is 0 Å². The first-order valence-electron chi connectivity index (χ1n) is 5.88. The Morgan fingerprint density at radius 2 is 1.95 bits per heavy atom. The van der Waals surface area contributed by atoms with Crippen LogP contribution in [0.3, 0.4) is 0 Å². The monoisotopic (exact) mass is 314 g/mol. The van der Waals surface area contributed by atoms with Crippen LogP contribution in [0.25, 0.3) is 10.8 Å². The van der Waals surface area contributed by atoms with Crippen molar-refractivity contribution in [1.29, 1.82) is 0 Å². The minimum absolute atomic E-state index is 0.527. The summed E-state index contributed by atoms with van der Waals surface area (Å²) in [5, 5.41) is 10.0. The van der Waals surface area contributed by atoms with E-state index >= 15 is 0 Å². The average molecular weight is 315 g/mol. The van der Waals surface area contributed by atoms with Gasteiger partial charge in [0.15, 0.2) is 0 Å². The van der Waals surface area contributed by atoms with Gasteiger partial charge in [-0.15, -0.1) is 5.10 Å². The number of rotatable bonds is 2. The standard InChI is InChI=1S/C15H11BrN2O/c1-10-6-7-12(16)8-14(10)19-15-13-5-3-2-4-11(13)9-17-18-15/h2-9H,1H3. The van der Waals surface area contributed by atoms with Gasteiger partial charge in [0.1, 0.15) is 5.75 Å². The number of ether oxygens (including phenoxy) is 1. The first-order chi connectivity index (χ1) is 9.24. The largest absolute Gasteiger partial charge is 0.437 e. The summed E-state index contributed by atoms with van der Waals surface area (Å²) in [6.45, 7) is 2.00. The summed E-state index contributed by atoms with van der Waals surface area (Å²) in [7, 11) is 0. The van der Waals surface area contributed by atoms with Crippen LogP contribution in [0.1, 0.15) is 5.56 Å². The first-order valence-corrected chi connectivity index (χ1v) is 6.68. The van der Waals surface area contributed by atoms with Crippen molar-refractivity contribution in [3.63, 3.8) is 0 Å². The maximum absolute atomic E-state index is 5.90. The van der Waals surface area contributed by atoms with Crippen LogP contribution in [-0.2, 0) is 0 Å². The molecule has 0 N–H and O–H groups in total. The number of nitrogens with zero attached hydrogens (tertiary/aromatic N) is 2. The molecule has 0 bridgehead atoms. The van der Waals surface area contributed by atoms with E-state index in [0.29, 0.717) is 5.88 Å². The van der Waals surface area contributed by atoms with Gasteiger partial charge < -0.3 is 4.74 Å². The molecule has 0 spiro atoms. The van der Waals surface area contributed by atoms with Gasteiger partial charge in [-0.25, -0.2) is 0 Å². The van der Waals surface area contributed by atoms with Gasteiger partial charge in [0.2, 0.25) is 5.88 Å². The molecule has 0 amide bonds. The highest BCUT2D eigenvalue weighted by Gasteiger charge is 2.07. The Morgan fingerprint density at radius 1 is 1.11 bits per heavy atom. The Bertz CT molecular complexity index is 738. The number of fused-ring (bicyclic) bond motifs is 1. The molecule has 0 fully saturated rings. The third-order valence-corrected chi connectivity index (χ3v) is 3.39. The lowest BCUT2D eigenvalue weighted by atomic mass is 10.2. The topological polar surface area (TPSA) is 35.0 Å². The molecule has 0 aliphatic heterocycles. The number of hydrogen-bond acceptors (Lipinski definition) is 3. The zero-order valence-electron chi connectivity index (χ0n) is 10.3. The number of aryl methyl sites for hydroxylation is 1. The van der Waals surface area contributed by atoms with Crippen molar-refractivity contribution < 1.29 is 4.74 Å². The Morgan fingerprint density at radius 3 is 2.84 bits per heavy atom. The molecule has 0 aliphatic carbocycles. The molecule has 4 heteroatoms. The lowest BCUT2D eigenvalue weighted by Gasteiger charge is -2.09. The minimum Gasteiger partial charge on any atom is -0.437 e. The fraction of sp³-hybridized carbons (Fsp3) is 0.0667. The molecule has 3 nitrogen and oxygen atoms in total. The Hall–Kier alpha value is -1.94. The second-order valence-corrected chi connectivity index (χ2v) is 5.16. The highest BCUT2D eigenvalue weighted by Crippen LogP contribution is 2.30. The van der Waals surface area contributed by atoms with Crippen molar-refractivity contribution in [3.05, 3.63) is 58.7 Å². The van der Waals surface area contributed by atoms with Gasteiger partial charge in [0, 0.05) is 15.2 Å². The predicted octanol–water partition coefficient (Wildman–Crippen LogP) is 4.49. The van der Waals surface area contributed by atoms with Crippen LogP contribution in [0.2, 0.25) is 0 Å². The first kappa shape index (κ1) is 12.1. The molecule has 3 aromatic rings. The van der Waals surface area contributed by atoms with E-state index in [1.54, 1.807) is 6.20 Å². The molecule has 0 saturated heterocycles. The zero-order chi connectivity index (χ0) is 13.2. The van der Waals surface area contributed by atoms with Crippen molar-refractivity contribution in [1.82, 2.24) is 10.2 Å². The molecule has 3 rings (SSSR count). The van der Waals surface area contributed by atoms with Crippen LogP contribution in [0, 0.1) is 6.92 Å². The highest BCUT2D eigenvalue weighted by atomic mass is 79.9. The summed E-state index contributed by atoms with van der Waals surface area (Å²) >= 11 is 3.44. The second kappa shape index (κ2) is 4.97. The van der Waals surface area contributed by atoms with E-state index in [2.05, 4.69) is 26.1 Å². The van der Waals surface area contributed by atoms with Crippen molar-refractivity contribution in [3.8, 4) is 11.6 Å². The number of hydrogen-bond donors (Lipinski definition) is 0. The van der Waals surface area contributed by atoms with Gasteiger partial charge >= 0.3 is 0 Å². The van der Waals surface area contributed by atoms with Crippen LogP contribution < -0.4 is 4.74 Å². The van der Waals surface area contributed by atoms with Crippen molar-refractivity contribution in [2.45, 2.75) is 6.92 Å². The summed E-state index contributed by atoms with van der Waals surface area (Å²) in [5.41, 5.74) is 1.05. The molecule has 0 unspecified atom stereocenters. The van der Waals surface area contributed by atoms with Gasteiger partial charge in [-0.2, -0.15) is 5.10 Å². The zero-order valence-corrected chi connectivity index (χ0v) is 11.9. The van der Waals surface area contributed by atoms with E-state index < -0.39 is 0 Å². The molecule has 0 atom stereocenters. The number of benzene rings is 2. The maximum Gasteiger partial charge on any atom is 0.246 e. The quantitative estimate of drug-likeness (QED) is 0.699. The molecule has 19 heavy (non-hydrogen) atoms. The maximum atomic E-state index is 5.90. The summed E-state index contributed by atoms with van der Waals surface area (Å²) in [4.78, 5) is 0. The third-order valence-electron chi connectivity index (χ3n) is 2.89. The summed E-state index contributed by atoms with van der Waals surface area (Å²) in [6, 6.07) is 13.8. The average Bonchev–Trinajstić information content (AvgIpc) is 2.43. The second-order valence-electron chi connectivity index (χ2n) is 4.25. The molecule has 1 aromatic heterocycles. The van der Waals surface area contributed by atoms with Gasteiger partial charge in [0.05, 0.1) is 6.20 Å². The van der Waals surface area contributed by atoms with Crippen molar-refractivity contribution in [2.24, 2.45) is 0 Å². The fourth-order valence-electron chi connectivity index (χ4n) is 1.87. The fourth-order valence-corrected chi connectivity index (χ4v) is 2.21. The lowest BCUT2D eigenvalue weighted by Crippen LogP contribution is -1.93. The lowest BCUT2D eigenvalue weighted by molar-refractivity contribution is 0.458. The molecule has 0 saturated carbocycles. The number of aromatic nitrogens is 2. The minimum atomic E-state index is 0.527. The Kier molecular flexibility index (Phi) is 3.17. The molecular weight excluding hydrogens is 304 g/mol. The summed E-state index contributed by atoms with van der Waals surface area (Å²) in [6.07, 6.45) is 1.73. The number of halogens is 1. The van der Waals surface area contributed by atoms with Crippen molar-refractivity contribution in [2.75, 3.05) is 0 Å². The molecule has 94 valence electrons. The van der Waals surface area contributed by atoms with Crippen LogP contribution in [0.5, 0.6) is 11.6 Å². The predicted molar refractivity (Wildman–Crippen MR) is 78.5 cm³/mol. The van der Waals surface area contributed by atoms with Gasteiger partial charge in [0.25, 0.3) is 0 Å².